The summed E-state index contributed by atoms with van der Waals surface area (Å²) in [7, 11) is 4.15. The lowest BCUT2D eigenvalue weighted by molar-refractivity contribution is 0.261. The van der Waals surface area contributed by atoms with E-state index in [9.17, 15) is 0 Å². The monoisotopic (exact) mass is 247 g/mol. The Kier molecular flexibility index (Phi) is 4.10. The second-order valence-corrected chi connectivity index (χ2v) is 5.90. The number of hydrogen-bond acceptors (Lipinski definition) is 3. The standard InChI is InChI=1S/C15H25N3/c1-11-5-6-13(9-12(11)2)17-14-10-16-8-7-15(14)18(3)4/h7-8,10-13,17H,5-6,9H2,1-4H3. The zero-order valence-corrected chi connectivity index (χ0v) is 12.0. The molecule has 3 heteroatoms. The van der Waals surface area contributed by atoms with Crippen LogP contribution in [-0.4, -0.2) is 25.1 Å². The topological polar surface area (TPSA) is 28.2 Å². The summed E-state index contributed by atoms with van der Waals surface area (Å²) in [4.78, 5) is 6.38. The maximum atomic E-state index is 4.24. The Balaban J connectivity index is 2.06. The van der Waals surface area contributed by atoms with Crippen LogP contribution in [0.15, 0.2) is 18.5 Å². The lowest BCUT2D eigenvalue weighted by Crippen LogP contribution is -2.31. The molecule has 0 aliphatic heterocycles. The Bertz CT molecular complexity index is 389. The number of nitrogens with one attached hydrogen (secondary N) is 1. The van der Waals surface area contributed by atoms with Crippen LogP contribution >= 0.6 is 0 Å². The minimum absolute atomic E-state index is 0.596. The van der Waals surface area contributed by atoms with E-state index >= 15 is 0 Å². The first kappa shape index (κ1) is 13.2. The predicted molar refractivity (Wildman–Crippen MR) is 78.2 cm³/mol. The molecule has 18 heavy (non-hydrogen) atoms. The lowest BCUT2D eigenvalue weighted by Gasteiger charge is -2.33. The van der Waals surface area contributed by atoms with Crippen LogP contribution in [0.4, 0.5) is 11.4 Å². The highest BCUT2D eigenvalue weighted by molar-refractivity contribution is 5.68. The van der Waals surface area contributed by atoms with Gasteiger partial charge in [-0.1, -0.05) is 13.8 Å². The van der Waals surface area contributed by atoms with Gasteiger partial charge in [0.05, 0.1) is 17.6 Å². The van der Waals surface area contributed by atoms with Crippen molar-refractivity contribution in [3.8, 4) is 0 Å². The van der Waals surface area contributed by atoms with Crippen LogP contribution in [0, 0.1) is 11.8 Å². The summed E-state index contributed by atoms with van der Waals surface area (Å²) in [5, 5.41) is 3.68. The average molecular weight is 247 g/mol. The highest BCUT2D eigenvalue weighted by Crippen LogP contribution is 2.32. The second-order valence-electron chi connectivity index (χ2n) is 5.90. The van der Waals surface area contributed by atoms with E-state index in [0.717, 1.165) is 17.5 Å². The fraction of sp³-hybridized carbons (Fsp3) is 0.667. The molecule has 0 amide bonds. The zero-order chi connectivity index (χ0) is 13.1. The quantitative estimate of drug-likeness (QED) is 0.887. The summed E-state index contributed by atoms with van der Waals surface area (Å²) in [5.74, 6) is 1.68. The highest BCUT2D eigenvalue weighted by Gasteiger charge is 2.24. The lowest BCUT2D eigenvalue weighted by atomic mass is 9.79. The first-order valence-corrected chi connectivity index (χ1v) is 6.95. The molecule has 1 N–H and O–H groups in total. The third-order valence-corrected chi connectivity index (χ3v) is 4.24. The molecule has 1 aliphatic rings. The molecule has 0 saturated heterocycles. The van der Waals surface area contributed by atoms with Gasteiger partial charge in [0.1, 0.15) is 0 Å². The molecular formula is C15H25N3. The summed E-state index contributed by atoms with van der Waals surface area (Å²) in [6.07, 6.45) is 7.66. The second kappa shape index (κ2) is 5.59. The predicted octanol–water partition coefficient (Wildman–Crippen LogP) is 3.38. The molecule has 1 aromatic heterocycles. The van der Waals surface area contributed by atoms with Gasteiger partial charge in [0.25, 0.3) is 0 Å². The molecule has 1 heterocycles. The van der Waals surface area contributed by atoms with E-state index in [4.69, 9.17) is 0 Å². The van der Waals surface area contributed by atoms with Crippen LogP contribution in [0.25, 0.3) is 0 Å². The molecule has 0 radical (unpaired) electrons. The van der Waals surface area contributed by atoms with Gasteiger partial charge in [0.15, 0.2) is 0 Å². The molecular weight excluding hydrogens is 222 g/mol. The maximum Gasteiger partial charge on any atom is 0.0766 e. The SMILES string of the molecule is CC1CCC(Nc2cnccc2N(C)C)CC1C. The average Bonchev–Trinajstić information content (AvgIpc) is 2.34. The summed E-state index contributed by atoms with van der Waals surface area (Å²) in [6.45, 7) is 4.74. The van der Waals surface area contributed by atoms with E-state index in [-0.39, 0.29) is 0 Å². The summed E-state index contributed by atoms with van der Waals surface area (Å²) < 4.78 is 0. The van der Waals surface area contributed by atoms with Gasteiger partial charge in [-0.05, 0) is 37.2 Å². The molecule has 3 atom stereocenters. The Morgan fingerprint density at radius 3 is 2.67 bits per heavy atom. The van der Waals surface area contributed by atoms with E-state index in [0.29, 0.717) is 6.04 Å². The van der Waals surface area contributed by atoms with E-state index in [1.807, 2.05) is 12.4 Å². The normalized spacial score (nSPS) is 27.9. The van der Waals surface area contributed by atoms with Crippen LogP contribution < -0.4 is 10.2 Å². The van der Waals surface area contributed by atoms with Gasteiger partial charge in [-0.3, -0.25) is 4.98 Å². The zero-order valence-electron chi connectivity index (χ0n) is 12.0. The smallest absolute Gasteiger partial charge is 0.0766 e. The maximum absolute atomic E-state index is 4.24. The molecule has 3 unspecified atom stereocenters. The van der Waals surface area contributed by atoms with E-state index in [1.54, 1.807) is 0 Å². The molecule has 0 spiro atoms. The number of hydrogen-bond donors (Lipinski definition) is 1. The minimum Gasteiger partial charge on any atom is -0.379 e. The molecule has 1 saturated carbocycles. The molecule has 1 aromatic rings. The summed E-state index contributed by atoms with van der Waals surface area (Å²) >= 11 is 0. The van der Waals surface area contributed by atoms with Gasteiger partial charge < -0.3 is 10.2 Å². The Labute approximate surface area is 111 Å². The third kappa shape index (κ3) is 2.95. The first-order valence-electron chi connectivity index (χ1n) is 6.95. The van der Waals surface area contributed by atoms with Gasteiger partial charge in [0, 0.05) is 26.3 Å². The van der Waals surface area contributed by atoms with E-state index in [2.05, 4.69) is 49.2 Å². The van der Waals surface area contributed by atoms with Crippen molar-refractivity contribution in [2.24, 2.45) is 11.8 Å². The van der Waals surface area contributed by atoms with Crippen molar-refractivity contribution in [1.29, 1.82) is 0 Å². The van der Waals surface area contributed by atoms with Crippen molar-refractivity contribution in [1.82, 2.24) is 4.98 Å². The van der Waals surface area contributed by atoms with Gasteiger partial charge >= 0.3 is 0 Å². The molecule has 0 aromatic carbocycles. The van der Waals surface area contributed by atoms with Crippen molar-refractivity contribution in [2.75, 3.05) is 24.3 Å². The third-order valence-electron chi connectivity index (χ3n) is 4.24. The first-order chi connectivity index (χ1) is 8.58. The van der Waals surface area contributed by atoms with Crippen LogP contribution in [0.5, 0.6) is 0 Å². The van der Waals surface area contributed by atoms with Crippen LogP contribution in [0.1, 0.15) is 33.1 Å². The Morgan fingerprint density at radius 2 is 2.00 bits per heavy atom. The summed E-state index contributed by atoms with van der Waals surface area (Å²) in [5.41, 5.74) is 2.38. The number of pyridine rings is 1. The Hall–Kier alpha value is -1.25. The molecule has 100 valence electrons. The van der Waals surface area contributed by atoms with Crippen molar-refractivity contribution in [3.05, 3.63) is 18.5 Å². The number of aromatic nitrogens is 1. The van der Waals surface area contributed by atoms with E-state index in [1.165, 1.54) is 24.9 Å². The highest BCUT2D eigenvalue weighted by atomic mass is 15.1. The summed E-state index contributed by atoms with van der Waals surface area (Å²) in [6, 6.07) is 2.66. The van der Waals surface area contributed by atoms with Gasteiger partial charge in [-0.25, -0.2) is 0 Å². The largest absolute Gasteiger partial charge is 0.379 e. The van der Waals surface area contributed by atoms with Gasteiger partial charge in [-0.2, -0.15) is 0 Å². The van der Waals surface area contributed by atoms with Crippen LogP contribution in [-0.2, 0) is 0 Å². The molecule has 1 fully saturated rings. The van der Waals surface area contributed by atoms with Crippen molar-refractivity contribution in [2.45, 2.75) is 39.2 Å². The number of rotatable bonds is 3. The molecule has 3 nitrogen and oxygen atoms in total. The van der Waals surface area contributed by atoms with Gasteiger partial charge in [-0.15, -0.1) is 0 Å². The van der Waals surface area contributed by atoms with Crippen molar-refractivity contribution in [3.63, 3.8) is 0 Å². The fourth-order valence-electron chi connectivity index (χ4n) is 2.79. The van der Waals surface area contributed by atoms with Crippen molar-refractivity contribution >= 4 is 11.4 Å². The Morgan fingerprint density at radius 1 is 1.22 bits per heavy atom. The van der Waals surface area contributed by atoms with Crippen LogP contribution in [0.2, 0.25) is 0 Å². The van der Waals surface area contributed by atoms with E-state index < -0.39 is 0 Å². The van der Waals surface area contributed by atoms with Gasteiger partial charge in [0.2, 0.25) is 0 Å². The number of anilines is 2. The molecule has 1 aliphatic carbocycles. The molecule has 0 bridgehead atoms. The minimum atomic E-state index is 0.596. The molecule has 2 rings (SSSR count). The van der Waals surface area contributed by atoms with Crippen LogP contribution in [0.3, 0.4) is 0 Å². The fourth-order valence-corrected chi connectivity index (χ4v) is 2.79. The van der Waals surface area contributed by atoms with Crippen molar-refractivity contribution < 1.29 is 0 Å². The number of nitrogens with zero attached hydrogens (tertiary/aromatic N) is 2.